The van der Waals surface area contributed by atoms with Crippen LogP contribution in [-0.2, 0) is 11.3 Å². The van der Waals surface area contributed by atoms with Gasteiger partial charge in [-0.2, -0.15) is 0 Å². The summed E-state index contributed by atoms with van der Waals surface area (Å²) < 4.78 is 1.61. The lowest BCUT2D eigenvalue weighted by Crippen LogP contribution is -2.28. The molecule has 0 aliphatic carbocycles. The minimum absolute atomic E-state index is 0.0749. The van der Waals surface area contributed by atoms with E-state index in [-0.39, 0.29) is 24.4 Å². The van der Waals surface area contributed by atoms with Gasteiger partial charge in [-0.05, 0) is 17.0 Å². The molecule has 0 radical (unpaired) electrons. The van der Waals surface area contributed by atoms with Crippen molar-refractivity contribution >= 4 is 27.5 Å². The number of hydrogen-bond acceptors (Lipinski definition) is 4. The van der Waals surface area contributed by atoms with E-state index < -0.39 is 5.91 Å². The van der Waals surface area contributed by atoms with Crippen LogP contribution in [0, 0.1) is 0 Å². The number of aromatic nitrogens is 2. The number of carbonyl (C=O) groups is 1. The number of rotatable bonds is 6. The molecule has 0 atom stereocenters. The molecule has 2 aromatic heterocycles. The van der Waals surface area contributed by atoms with Crippen molar-refractivity contribution < 1.29 is 4.79 Å². The Morgan fingerprint density at radius 1 is 1.15 bits per heavy atom. The van der Waals surface area contributed by atoms with Crippen molar-refractivity contribution in [1.29, 1.82) is 0 Å². The molecule has 3 rings (SSSR count). The molecule has 0 aliphatic rings. The van der Waals surface area contributed by atoms with Crippen LogP contribution in [0.25, 0.3) is 21.3 Å². The van der Waals surface area contributed by atoms with Gasteiger partial charge in [0.15, 0.2) is 0 Å². The largest absolute Gasteiger partial charge is 0.370 e. The zero-order valence-electron chi connectivity index (χ0n) is 16.2. The molecule has 0 saturated heterocycles. The fourth-order valence-electron chi connectivity index (χ4n) is 3.18. The number of thiophene rings is 1. The van der Waals surface area contributed by atoms with Gasteiger partial charge in [-0.15, -0.1) is 11.3 Å². The molecule has 6 heteroatoms. The van der Waals surface area contributed by atoms with Gasteiger partial charge in [-0.1, -0.05) is 52.0 Å². The Balaban J connectivity index is 2.17. The van der Waals surface area contributed by atoms with Crippen molar-refractivity contribution in [2.45, 2.75) is 52.5 Å². The highest BCUT2D eigenvalue weighted by atomic mass is 32.1. The van der Waals surface area contributed by atoms with Crippen LogP contribution in [0.4, 0.5) is 0 Å². The second-order valence-electron chi connectivity index (χ2n) is 7.40. The molecule has 0 saturated carbocycles. The van der Waals surface area contributed by atoms with E-state index in [0.29, 0.717) is 17.1 Å². The van der Waals surface area contributed by atoms with E-state index >= 15 is 0 Å². The van der Waals surface area contributed by atoms with E-state index in [1.54, 1.807) is 4.57 Å². The first-order valence-corrected chi connectivity index (χ1v) is 10.1. The predicted molar refractivity (Wildman–Crippen MR) is 111 cm³/mol. The van der Waals surface area contributed by atoms with E-state index in [9.17, 15) is 9.59 Å². The van der Waals surface area contributed by atoms with E-state index in [1.165, 1.54) is 16.9 Å². The molecule has 0 spiro atoms. The van der Waals surface area contributed by atoms with Gasteiger partial charge >= 0.3 is 0 Å². The first kappa shape index (κ1) is 19.3. The van der Waals surface area contributed by atoms with Crippen molar-refractivity contribution in [1.82, 2.24) is 9.55 Å². The van der Waals surface area contributed by atoms with E-state index in [0.717, 1.165) is 16.0 Å². The number of hydrogen-bond donors (Lipinski definition) is 1. The monoisotopic (exact) mass is 383 g/mol. The first-order valence-electron chi connectivity index (χ1n) is 9.20. The summed E-state index contributed by atoms with van der Waals surface area (Å²) in [5, 5.41) is 2.61. The van der Waals surface area contributed by atoms with Crippen LogP contribution in [0.1, 0.15) is 57.3 Å². The molecule has 0 aliphatic heterocycles. The third-order valence-corrected chi connectivity index (χ3v) is 5.58. The van der Waals surface area contributed by atoms with Crippen LogP contribution in [0.5, 0.6) is 0 Å². The average Bonchev–Trinajstić information content (AvgIpc) is 3.04. The zero-order chi connectivity index (χ0) is 19.7. The quantitative estimate of drug-likeness (QED) is 0.691. The minimum atomic E-state index is -0.425. The van der Waals surface area contributed by atoms with Gasteiger partial charge in [0.1, 0.15) is 10.7 Å². The second-order valence-corrected chi connectivity index (χ2v) is 8.26. The van der Waals surface area contributed by atoms with Crippen LogP contribution in [0.2, 0.25) is 0 Å². The van der Waals surface area contributed by atoms with Crippen LogP contribution in [0.3, 0.4) is 0 Å². The summed E-state index contributed by atoms with van der Waals surface area (Å²) in [6, 6.07) is 8.32. The van der Waals surface area contributed by atoms with Crippen molar-refractivity contribution in [3.8, 4) is 11.1 Å². The molecule has 2 heterocycles. The molecule has 0 unspecified atom stereocenters. The van der Waals surface area contributed by atoms with Gasteiger partial charge in [0.2, 0.25) is 5.91 Å². The van der Waals surface area contributed by atoms with Gasteiger partial charge in [0, 0.05) is 29.8 Å². The number of nitrogens with zero attached hydrogens (tertiary/aromatic N) is 2. The number of carbonyl (C=O) groups excluding carboxylic acids is 1. The van der Waals surface area contributed by atoms with E-state index in [4.69, 9.17) is 10.7 Å². The maximum atomic E-state index is 13.3. The van der Waals surface area contributed by atoms with Crippen LogP contribution < -0.4 is 11.3 Å². The fraction of sp³-hybridized carbons (Fsp3) is 0.381. The number of fused-ring (bicyclic) bond motifs is 1. The molecule has 0 fully saturated rings. The summed E-state index contributed by atoms with van der Waals surface area (Å²) in [7, 11) is 0. The van der Waals surface area contributed by atoms with E-state index in [2.05, 4.69) is 38.1 Å². The lowest BCUT2D eigenvalue weighted by atomic mass is 9.99. The highest BCUT2D eigenvalue weighted by Gasteiger charge is 2.19. The van der Waals surface area contributed by atoms with Gasteiger partial charge < -0.3 is 5.73 Å². The fourth-order valence-corrected chi connectivity index (χ4v) is 4.12. The van der Waals surface area contributed by atoms with Gasteiger partial charge in [0.25, 0.3) is 5.56 Å². The molecule has 27 heavy (non-hydrogen) atoms. The molecular formula is C21H25N3O2S. The Kier molecular flexibility index (Phi) is 5.46. The normalized spacial score (nSPS) is 11.6. The van der Waals surface area contributed by atoms with Crippen LogP contribution in [-0.4, -0.2) is 15.5 Å². The third kappa shape index (κ3) is 3.81. The lowest BCUT2D eigenvalue weighted by molar-refractivity contribution is -0.118. The summed E-state index contributed by atoms with van der Waals surface area (Å²) in [5.41, 5.74) is 8.35. The summed E-state index contributed by atoms with van der Waals surface area (Å²) in [4.78, 5) is 30.0. The minimum Gasteiger partial charge on any atom is -0.370 e. The highest BCUT2D eigenvalue weighted by Crippen LogP contribution is 2.32. The van der Waals surface area contributed by atoms with Crippen molar-refractivity contribution in [3.63, 3.8) is 0 Å². The topological polar surface area (TPSA) is 78.0 Å². The Morgan fingerprint density at radius 2 is 1.81 bits per heavy atom. The Morgan fingerprint density at radius 3 is 2.37 bits per heavy atom. The lowest BCUT2D eigenvalue weighted by Gasteiger charge is -2.14. The number of nitrogens with two attached hydrogens (primary N) is 1. The number of benzene rings is 1. The molecule has 1 amide bonds. The smallest absolute Gasteiger partial charge is 0.262 e. The van der Waals surface area contributed by atoms with Crippen molar-refractivity contribution in [3.05, 3.63) is 51.4 Å². The van der Waals surface area contributed by atoms with Gasteiger partial charge in [0.05, 0.1) is 5.39 Å². The summed E-state index contributed by atoms with van der Waals surface area (Å²) >= 11 is 1.48. The Hall–Kier alpha value is -2.47. The van der Waals surface area contributed by atoms with Gasteiger partial charge in [-0.3, -0.25) is 14.2 Å². The maximum Gasteiger partial charge on any atom is 0.262 e. The highest BCUT2D eigenvalue weighted by molar-refractivity contribution is 7.17. The average molecular weight is 384 g/mol. The molecule has 142 valence electrons. The predicted octanol–water partition coefficient (Wildman–Crippen LogP) is 4.25. The van der Waals surface area contributed by atoms with Crippen LogP contribution >= 0.6 is 11.3 Å². The van der Waals surface area contributed by atoms with Crippen molar-refractivity contribution in [2.24, 2.45) is 5.73 Å². The summed E-state index contributed by atoms with van der Waals surface area (Å²) in [5.74, 6) is 0.800. The summed E-state index contributed by atoms with van der Waals surface area (Å²) in [6.45, 7) is 8.56. The standard InChI is InChI=1S/C21H25N3O2S/c1-12(2)14-5-7-15(8-6-14)16-11-27-20-18(16)21(26)24(10-9-17(22)25)19(23-20)13(3)4/h5-8,11-13H,9-10H2,1-4H3,(H2,22,25). The molecule has 3 aromatic rings. The van der Waals surface area contributed by atoms with Crippen molar-refractivity contribution in [2.75, 3.05) is 0 Å². The second kappa shape index (κ2) is 7.64. The van der Waals surface area contributed by atoms with E-state index in [1.807, 2.05) is 19.2 Å². The molecule has 2 N–H and O–H groups in total. The summed E-state index contributed by atoms with van der Waals surface area (Å²) in [6.07, 6.45) is 0.120. The van der Waals surface area contributed by atoms with Gasteiger partial charge in [-0.25, -0.2) is 4.98 Å². The maximum absolute atomic E-state index is 13.3. The third-order valence-electron chi connectivity index (χ3n) is 4.71. The molecule has 0 bridgehead atoms. The first-order chi connectivity index (χ1) is 12.8. The number of amides is 1. The SMILES string of the molecule is CC(C)c1ccc(-c2csc3nc(C(C)C)n(CCC(N)=O)c(=O)c23)cc1. The Bertz CT molecular complexity index is 1030. The number of primary amides is 1. The molecular weight excluding hydrogens is 358 g/mol. The Labute approximate surface area is 162 Å². The zero-order valence-corrected chi connectivity index (χ0v) is 17.0. The molecule has 1 aromatic carbocycles. The molecule has 5 nitrogen and oxygen atoms in total. The van der Waals surface area contributed by atoms with Crippen LogP contribution in [0.15, 0.2) is 34.4 Å².